The summed E-state index contributed by atoms with van der Waals surface area (Å²) in [7, 11) is 2.18. The first kappa shape index (κ1) is 11.8. The number of aromatic nitrogens is 1. The minimum Gasteiger partial charge on any atom is -0.468 e. The maximum Gasteiger partial charge on any atom is 0.238 e. The predicted molar refractivity (Wildman–Crippen MR) is 72.3 cm³/mol. The molecule has 0 aromatic carbocycles. The highest BCUT2D eigenvalue weighted by Crippen LogP contribution is 2.40. The Morgan fingerprint density at radius 1 is 1.33 bits per heavy atom. The molecule has 3 rings (SSSR count). The van der Waals surface area contributed by atoms with Crippen molar-refractivity contribution in [2.45, 2.75) is 32.4 Å². The van der Waals surface area contributed by atoms with E-state index in [2.05, 4.69) is 47.8 Å². The molecule has 18 heavy (non-hydrogen) atoms. The van der Waals surface area contributed by atoms with Gasteiger partial charge in [-0.3, -0.25) is 0 Å². The van der Waals surface area contributed by atoms with Crippen LogP contribution in [0.25, 0.3) is 0 Å². The van der Waals surface area contributed by atoms with Crippen LogP contribution in [0.2, 0.25) is 0 Å². The minimum absolute atomic E-state index is 0.192. The fraction of sp³-hybridized carbons (Fsp3) is 0.643. The van der Waals surface area contributed by atoms with E-state index in [1.54, 1.807) is 0 Å². The van der Waals surface area contributed by atoms with Crippen LogP contribution in [0, 0.1) is 6.92 Å². The molecule has 1 aromatic heterocycles. The van der Waals surface area contributed by atoms with Crippen molar-refractivity contribution in [3.8, 4) is 5.88 Å². The van der Waals surface area contributed by atoms with E-state index >= 15 is 0 Å². The highest BCUT2D eigenvalue weighted by molar-refractivity contribution is 5.59. The molecular weight excluding hydrogens is 226 g/mol. The summed E-state index contributed by atoms with van der Waals surface area (Å²) in [5.74, 6) is 0.792. The van der Waals surface area contributed by atoms with Gasteiger partial charge in [0.1, 0.15) is 11.3 Å². The second kappa shape index (κ2) is 3.85. The van der Waals surface area contributed by atoms with Gasteiger partial charge in [0.15, 0.2) is 0 Å². The third kappa shape index (κ3) is 1.75. The van der Waals surface area contributed by atoms with E-state index < -0.39 is 0 Å². The molecule has 0 radical (unpaired) electrons. The van der Waals surface area contributed by atoms with Gasteiger partial charge in [-0.15, -0.1) is 0 Å². The number of piperazine rings is 1. The van der Waals surface area contributed by atoms with Crippen molar-refractivity contribution in [3.63, 3.8) is 0 Å². The molecule has 98 valence electrons. The third-order valence-electron chi connectivity index (χ3n) is 4.03. The molecule has 1 fully saturated rings. The molecule has 0 N–H and O–H groups in total. The van der Waals surface area contributed by atoms with Gasteiger partial charge in [-0.2, -0.15) is 0 Å². The van der Waals surface area contributed by atoms with Crippen LogP contribution in [0.3, 0.4) is 0 Å². The lowest BCUT2D eigenvalue weighted by Gasteiger charge is -2.51. The number of likely N-dealkylation sites (N-methyl/N-ethyl adjacent to an activating group) is 1. The zero-order valence-electron chi connectivity index (χ0n) is 11.6. The molecular formula is C14H21N3O. The quantitative estimate of drug-likeness (QED) is 0.697. The first-order valence-corrected chi connectivity index (χ1v) is 6.59. The Kier molecular flexibility index (Phi) is 2.52. The molecule has 4 heteroatoms. The molecule has 1 unspecified atom stereocenters. The third-order valence-corrected chi connectivity index (χ3v) is 4.03. The van der Waals surface area contributed by atoms with Gasteiger partial charge in [-0.1, -0.05) is 0 Å². The van der Waals surface area contributed by atoms with Crippen molar-refractivity contribution < 1.29 is 4.74 Å². The van der Waals surface area contributed by atoms with Gasteiger partial charge < -0.3 is 14.5 Å². The Bertz CT molecular complexity index is 472. The first-order valence-electron chi connectivity index (χ1n) is 6.59. The van der Waals surface area contributed by atoms with E-state index in [0.717, 1.165) is 36.9 Å². The molecule has 0 bridgehead atoms. The molecule has 4 nitrogen and oxygen atoms in total. The molecule has 1 aromatic rings. The number of hydrogen-bond donors (Lipinski definition) is 0. The number of fused-ring (bicyclic) bond motifs is 3. The number of pyridine rings is 1. The summed E-state index contributed by atoms with van der Waals surface area (Å²) in [6.07, 6.45) is 0. The van der Waals surface area contributed by atoms with Gasteiger partial charge in [-0.25, -0.2) is 4.98 Å². The monoisotopic (exact) mass is 247 g/mol. The molecule has 0 amide bonds. The van der Waals surface area contributed by atoms with E-state index in [0.29, 0.717) is 6.04 Å². The van der Waals surface area contributed by atoms with Gasteiger partial charge in [-0.05, 0) is 40.0 Å². The summed E-state index contributed by atoms with van der Waals surface area (Å²) >= 11 is 0. The van der Waals surface area contributed by atoms with Gasteiger partial charge in [0.2, 0.25) is 5.88 Å². The Balaban J connectivity index is 2.05. The van der Waals surface area contributed by atoms with Gasteiger partial charge in [0, 0.05) is 25.3 Å². The Morgan fingerprint density at radius 2 is 2.11 bits per heavy atom. The zero-order chi connectivity index (χ0) is 12.9. The summed E-state index contributed by atoms with van der Waals surface area (Å²) in [4.78, 5) is 9.38. The summed E-state index contributed by atoms with van der Waals surface area (Å²) in [6.45, 7) is 9.52. The molecule has 0 saturated carbocycles. The van der Waals surface area contributed by atoms with Crippen molar-refractivity contribution in [2.24, 2.45) is 0 Å². The minimum atomic E-state index is -0.192. The normalized spacial score (nSPS) is 26.2. The fourth-order valence-corrected chi connectivity index (χ4v) is 2.94. The van der Waals surface area contributed by atoms with Crippen molar-refractivity contribution in [1.29, 1.82) is 0 Å². The lowest BCUT2D eigenvalue weighted by molar-refractivity contribution is 0.0342. The molecule has 1 saturated heterocycles. The predicted octanol–water partition coefficient (Wildman–Crippen LogP) is 1.68. The number of aryl methyl sites for hydroxylation is 1. The van der Waals surface area contributed by atoms with Gasteiger partial charge in [0.25, 0.3) is 0 Å². The first-order chi connectivity index (χ1) is 8.47. The van der Waals surface area contributed by atoms with E-state index in [4.69, 9.17) is 4.74 Å². The zero-order valence-corrected chi connectivity index (χ0v) is 11.6. The summed E-state index contributed by atoms with van der Waals surface area (Å²) in [5.41, 5.74) is 1.97. The molecule has 2 aliphatic rings. The maximum atomic E-state index is 6.14. The van der Waals surface area contributed by atoms with Crippen LogP contribution in [0.1, 0.15) is 19.5 Å². The largest absolute Gasteiger partial charge is 0.468 e. The molecule has 2 aliphatic heterocycles. The van der Waals surface area contributed by atoms with Crippen LogP contribution in [-0.2, 0) is 0 Å². The standard InChI is InChI=1S/C14H21N3O/c1-10-5-6-11-13(15-10)18-14(2,3)12-9-16(4)7-8-17(11)12/h5-6,12H,7-9H2,1-4H3. The molecule has 0 spiro atoms. The van der Waals surface area contributed by atoms with E-state index in [1.165, 1.54) is 0 Å². The number of anilines is 1. The van der Waals surface area contributed by atoms with E-state index in [-0.39, 0.29) is 5.60 Å². The number of rotatable bonds is 0. The summed E-state index contributed by atoms with van der Waals surface area (Å²) in [5, 5.41) is 0. The average Bonchev–Trinajstić information content (AvgIpc) is 2.28. The number of hydrogen-bond acceptors (Lipinski definition) is 4. The van der Waals surface area contributed by atoms with Crippen LogP contribution in [-0.4, -0.2) is 48.2 Å². The van der Waals surface area contributed by atoms with Crippen LogP contribution in [0.15, 0.2) is 12.1 Å². The molecule has 1 atom stereocenters. The summed E-state index contributed by atoms with van der Waals surface area (Å²) < 4.78 is 6.14. The van der Waals surface area contributed by atoms with Crippen molar-refractivity contribution in [3.05, 3.63) is 17.8 Å². The number of ether oxygens (including phenoxy) is 1. The van der Waals surface area contributed by atoms with Gasteiger partial charge >= 0.3 is 0 Å². The second-order valence-corrected chi connectivity index (χ2v) is 5.95. The Labute approximate surface area is 109 Å². The summed E-state index contributed by atoms with van der Waals surface area (Å²) in [6, 6.07) is 4.61. The SMILES string of the molecule is Cc1ccc2c(n1)OC(C)(C)C1CN(C)CCN21. The lowest BCUT2D eigenvalue weighted by Crippen LogP contribution is -2.64. The van der Waals surface area contributed by atoms with Crippen molar-refractivity contribution in [2.75, 3.05) is 31.6 Å². The van der Waals surface area contributed by atoms with Crippen LogP contribution >= 0.6 is 0 Å². The average molecular weight is 247 g/mol. The van der Waals surface area contributed by atoms with Crippen molar-refractivity contribution in [1.82, 2.24) is 9.88 Å². The Morgan fingerprint density at radius 3 is 2.89 bits per heavy atom. The van der Waals surface area contributed by atoms with Crippen LogP contribution < -0.4 is 9.64 Å². The number of nitrogens with zero attached hydrogens (tertiary/aromatic N) is 3. The van der Waals surface area contributed by atoms with E-state index in [9.17, 15) is 0 Å². The molecule has 0 aliphatic carbocycles. The molecule has 3 heterocycles. The van der Waals surface area contributed by atoms with Crippen LogP contribution in [0.4, 0.5) is 5.69 Å². The van der Waals surface area contributed by atoms with Crippen molar-refractivity contribution >= 4 is 5.69 Å². The highest BCUT2D eigenvalue weighted by Gasteiger charge is 2.44. The lowest BCUT2D eigenvalue weighted by atomic mass is 9.92. The fourth-order valence-electron chi connectivity index (χ4n) is 2.94. The smallest absolute Gasteiger partial charge is 0.238 e. The van der Waals surface area contributed by atoms with Gasteiger partial charge in [0.05, 0.1) is 6.04 Å². The highest BCUT2D eigenvalue weighted by atomic mass is 16.5. The van der Waals surface area contributed by atoms with Crippen LogP contribution in [0.5, 0.6) is 5.88 Å². The maximum absolute atomic E-state index is 6.14. The second-order valence-electron chi connectivity index (χ2n) is 5.95. The Hall–Kier alpha value is -1.29. The topological polar surface area (TPSA) is 28.6 Å². The van der Waals surface area contributed by atoms with E-state index in [1.807, 2.05) is 6.92 Å².